The molecule has 1 atom stereocenters. The van der Waals surface area contributed by atoms with Crippen LogP contribution in [0.25, 0.3) is 22.6 Å². The van der Waals surface area contributed by atoms with Crippen LogP contribution in [0.5, 0.6) is 5.75 Å². The normalized spacial score (nSPS) is 17.4. The molecule has 1 unspecified atom stereocenters. The van der Waals surface area contributed by atoms with E-state index in [-0.39, 0.29) is 12.5 Å². The van der Waals surface area contributed by atoms with Crippen LogP contribution >= 0.6 is 0 Å². The van der Waals surface area contributed by atoms with Crippen LogP contribution < -0.4 is 15.0 Å². The van der Waals surface area contributed by atoms with Crippen LogP contribution in [0.1, 0.15) is 18.2 Å². The van der Waals surface area contributed by atoms with Gasteiger partial charge in [-0.15, -0.1) is 0 Å². The maximum absolute atomic E-state index is 12.3. The lowest BCUT2D eigenvalue weighted by Gasteiger charge is -2.16. The smallest absolute Gasteiger partial charge is 0.414 e. The average Bonchev–Trinajstić information content (AvgIpc) is 3.42. The van der Waals surface area contributed by atoms with E-state index in [9.17, 15) is 9.59 Å². The van der Waals surface area contributed by atoms with Gasteiger partial charge in [-0.05, 0) is 19.1 Å². The van der Waals surface area contributed by atoms with Crippen molar-refractivity contribution in [2.45, 2.75) is 26.4 Å². The highest BCUT2D eigenvalue weighted by atomic mass is 16.6. The SMILES string of the molecule is CC(=O)NCC1CN(c2ccc3c(c2)OCCc2c-3n[nH]c2-c2cc(C)on2)C(=O)O1. The molecule has 2 aliphatic heterocycles. The summed E-state index contributed by atoms with van der Waals surface area (Å²) in [6.45, 7) is 4.36. The molecule has 2 aliphatic rings. The van der Waals surface area contributed by atoms with Crippen molar-refractivity contribution in [1.29, 1.82) is 0 Å². The number of carbonyl (C=O) groups is 2. The summed E-state index contributed by atoms with van der Waals surface area (Å²) in [7, 11) is 0. The van der Waals surface area contributed by atoms with Crippen molar-refractivity contribution in [1.82, 2.24) is 20.7 Å². The summed E-state index contributed by atoms with van der Waals surface area (Å²) in [5, 5.41) is 14.3. The number of aryl methyl sites for hydroxylation is 1. The Hall–Kier alpha value is -3.82. The Morgan fingerprint density at radius 3 is 3.00 bits per heavy atom. The number of benzene rings is 1. The van der Waals surface area contributed by atoms with Gasteiger partial charge in [-0.3, -0.25) is 14.8 Å². The van der Waals surface area contributed by atoms with Crippen molar-refractivity contribution in [2.75, 3.05) is 24.6 Å². The number of cyclic esters (lactones) is 1. The number of hydrogen-bond acceptors (Lipinski definition) is 7. The predicted molar refractivity (Wildman–Crippen MR) is 110 cm³/mol. The third kappa shape index (κ3) is 3.49. The van der Waals surface area contributed by atoms with Gasteiger partial charge in [-0.25, -0.2) is 4.79 Å². The van der Waals surface area contributed by atoms with Crippen molar-refractivity contribution in [3.63, 3.8) is 0 Å². The number of anilines is 1. The van der Waals surface area contributed by atoms with Crippen LogP contribution in [0, 0.1) is 6.92 Å². The molecule has 10 nitrogen and oxygen atoms in total. The zero-order valence-corrected chi connectivity index (χ0v) is 17.1. The number of carbonyl (C=O) groups excluding carboxylic acids is 2. The number of rotatable bonds is 4. The van der Waals surface area contributed by atoms with Gasteiger partial charge in [0, 0.05) is 36.6 Å². The fourth-order valence-electron chi connectivity index (χ4n) is 3.88. The molecule has 2 N–H and O–H groups in total. The van der Waals surface area contributed by atoms with Crippen LogP contribution in [0.3, 0.4) is 0 Å². The number of nitrogens with one attached hydrogen (secondary N) is 2. The summed E-state index contributed by atoms with van der Waals surface area (Å²) in [6.07, 6.45) is -0.197. The average molecular weight is 423 g/mol. The van der Waals surface area contributed by atoms with Crippen LogP contribution in [0.4, 0.5) is 10.5 Å². The molecule has 4 heterocycles. The zero-order valence-electron chi connectivity index (χ0n) is 17.1. The third-order valence-corrected chi connectivity index (χ3v) is 5.35. The Balaban J connectivity index is 1.43. The maximum atomic E-state index is 12.3. The molecule has 3 aromatic rings. The van der Waals surface area contributed by atoms with E-state index in [0.717, 1.165) is 28.3 Å². The van der Waals surface area contributed by atoms with Crippen molar-refractivity contribution < 1.29 is 23.6 Å². The van der Waals surface area contributed by atoms with E-state index >= 15 is 0 Å². The monoisotopic (exact) mass is 423 g/mol. The van der Waals surface area contributed by atoms with Gasteiger partial charge >= 0.3 is 6.09 Å². The van der Waals surface area contributed by atoms with Crippen molar-refractivity contribution in [3.8, 4) is 28.4 Å². The number of aromatic amines is 1. The van der Waals surface area contributed by atoms with Crippen LogP contribution in [0.2, 0.25) is 0 Å². The van der Waals surface area contributed by atoms with E-state index < -0.39 is 12.2 Å². The second-order valence-electron chi connectivity index (χ2n) is 7.58. The Morgan fingerprint density at radius 1 is 1.35 bits per heavy atom. The predicted octanol–water partition coefficient (Wildman–Crippen LogP) is 2.44. The zero-order chi connectivity index (χ0) is 21.5. The highest BCUT2D eigenvalue weighted by molar-refractivity contribution is 5.91. The molecular formula is C21H21N5O5. The molecule has 0 spiro atoms. The highest BCUT2D eigenvalue weighted by Crippen LogP contribution is 2.40. The summed E-state index contributed by atoms with van der Waals surface area (Å²) in [5.74, 6) is 1.20. The van der Waals surface area contributed by atoms with E-state index in [0.29, 0.717) is 36.7 Å². The Labute approximate surface area is 177 Å². The first kappa shape index (κ1) is 19.2. The Bertz CT molecular complexity index is 1170. The van der Waals surface area contributed by atoms with Gasteiger partial charge in [-0.1, -0.05) is 5.16 Å². The molecule has 1 saturated heterocycles. The van der Waals surface area contributed by atoms with Crippen molar-refractivity contribution in [3.05, 3.63) is 35.6 Å². The quantitative estimate of drug-likeness (QED) is 0.661. The molecule has 2 amide bonds. The van der Waals surface area contributed by atoms with Crippen LogP contribution in [-0.4, -0.2) is 53.2 Å². The van der Waals surface area contributed by atoms with E-state index in [4.69, 9.17) is 14.0 Å². The molecule has 2 aromatic heterocycles. The molecule has 160 valence electrons. The molecular weight excluding hydrogens is 402 g/mol. The molecule has 0 bridgehead atoms. The molecule has 5 rings (SSSR count). The number of aromatic nitrogens is 3. The highest BCUT2D eigenvalue weighted by Gasteiger charge is 2.33. The van der Waals surface area contributed by atoms with Gasteiger partial charge in [0.2, 0.25) is 5.91 Å². The second-order valence-corrected chi connectivity index (χ2v) is 7.58. The molecule has 10 heteroatoms. The second kappa shape index (κ2) is 7.46. The third-order valence-electron chi connectivity index (χ3n) is 5.35. The number of H-pyrrole nitrogens is 1. The minimum atomic E-state index is -0.451. The largest absolute Gasteiger partial charge is 0.492 e. The Kier molecular flexibility index (Phi) is 4.61. The summed E-state index contributed by atoms with van der Waals surface area (Å²) < 4.78 is 16.5. The first-order valence-electron chi connectivity index (χ1n) is 10.0. The molecule has 31 heavy (non-hydrogen) atoms. The number of fused-ring (bicyclic) bond motifs is 3. The van der Waals surface area contributed by atoms with Crippen LogP contribution in [0.15, 0.2) is 28.8 Å². The topological polar surface area (TPSA) is 123 Å². The van der Waals surface area contributed by atoms with Crippen LogP contribution in [-0.2, 0) is 16.0 Å². The standard InChI is InChI=1S/C21H21N5O5/c1-11-7-17(25-31-11)20-16-5-6-29-18-8-13(3-4-15(18)19(16)23-24-20)26-10-14(30-21(26)28)9-22-12(2)27/h3-4,7-8,14H,5-6,9-10H2,1-2H3,(H,22,27)(H,23,24). The number of nitrogens with zero attached hydrogens (tertiary/aromatic N) is 3. The van der Waals surface area contributed by atoms with Gasteiger partial charge in [0.1, 0.15) is 23.3 Å². The fourth-order valence-corrected chi connectivity index (χ4v) is 3.88. The number of hydrogen-bond donors (Lipinski definition) is 2. The minimum Gasteiger partial charge on any atom is -0.492 e. The number of ether oxygens (including phenoxy) is 2. The van der Waals surface area contributed by atoms with Gasteiger partial charge in [0.15, 0.2) is 0 Å². The van der Waals surface area contributed by atoms with Gasteiger partial charge in [-0.2, -0.15) is 5.10 Å². The summed E-state index contributed by atoms with van der Waals surface area (Å²) >= 11 is 0. The summed E-state index contributed by atoms with van der Waals surface area (Å²) in [4.78, 5) is 25.0. The molecule has 0 aliphatic carbocycles. The molecule has 1 aromatic carbocycles. The summed E-state index contributed by atoms with van der Waals surface area (Å²) in [5.41, 5.74) is 4.83. The molecule has 0 radical (unpaired) electrons. The fraction of sp³-hybridized carbons (Fsp3) is 0.333. The molecule has 1 fully saturated rings. The van der Waals surface area contributed by atoms with E-state index in [1.54, 1.807) is 0 Å². The first-order chi connectivity index (χ1) is 15.0. The number of amides is 2. The minimum absolute atomic E-state index is 0.164. The lowest BCUT2D eigenvalue weighted by atomic mass is 10.0. The van der Waals surface area contributed by atoms with Gasteiger partial charge < -0.3 is 19.3 Å². The lowest BCUT2D eigenvalue weighted by Crippen LogP contribution is -2.33. The maximum Gasteiger partial charge on any atom is 0.414 e. The lowest BCUT2D eigenvalue weighted by molar-refractivity contribution is -0.119. The Morgan fingerprint density at radius 2 is 2.23 bits per heavy atom. The van der Waals surface area contributed by atoms with Crippen molar-refractivity contribution in [2.24, 2.45) is 0 Å². The van der Waals surface area contributed by atoms with E-state index in [1.165, 1.54) is 11.8 Å². The van der Waals surface area contributed by atoms with Gasteiger partial charge in [0.05, 0.1) is 36.8 Å². The van der Waals surface area contributed by atoms with Crippen molar-refractivity contribution >= 4 is 17.7 Å². The first-order valence-corrected chi connectivity index (χ1v) is 10.0. The van der Waals surface area contributed by atoms with E-state index in [1.807, 2.05) is 31.2 Å². The van der Waals surface area contributed by atoms with E-state index in [2.05, 4.69) is 20.7 Å². The van der Waals surface area contributed by atoms with Gasteiger partial charge in [0.25, 0.3) is 0 Å². The summed E-state index contributed by atoms with van der Waals surface area (Å²) in [6, 6.07) is 7.41. The molecule has 0 saturated carbocycles.